The number of hydrogen-bond acceptors (Lipinski definition) is 5. The second kappa shape index (κ2) is 8.77. The topological polar surface area (TPSA) is 86.7 Å². The van der Waals surface area contributed by atoms with Gasteiger partial charge in [-0.1, -0.05) is 53.8 Å². The number of nitrogens with zero attached hydrogens (tertiary/aromatic N) is 1. The first-order valence-corrected chi connectivity index (χ1v) is 8.90. The van der Waals surface area contributed by atoms with Crippen molar-refractivity contribution < 1.29 is 19.5 Å². The number of thioether (sulfide) groups is 1. The lowest BCUT2D eigenvalue weighted by Gasteiger charge is -2.13. The van der Waals surface area contributed by atoms with E-state index in [1.165, 1.54) is 16.7 Å². The Bertz CT molecular complexity index is 729. The number of aliphatic carboxylic acids is 1. The number of carbonyl (C=O) groups excluding carboxylic acids is 2. The minimum Gasteiger partial charge on any atom is -0.481 e. The highest BCUT2D eigenvalue weighted by molar-refractivity contribution is 8.26. The minimum absolute atomic E-state index is 0.0693. The summed E-state index contributed by atoms with van der Waals surface area (Å²) < 4.78 is 0.418. The minimum atomic E-state index is -0.974. The van der Waals surface area contributed by atoms with Crippen LogP contribution in [0, 0.1) is 6.92 Å². The highest BCUT2D eigenvalue weighted by atomic mass is 32.2. The third kappa shape index (κ3) is 5.68. The lowest BCUT2D eigenvalue weighted by molar-refractivity contribution is -0.136. The molecule has 1 aliphatic rings. The molecule has 0 bridgehead atoms. The molecule has 1 heterocycles. The van der Waals surface area contributed by atoms with Gasteiger partial charge in [-0.05, 0) is 18.6 Å². The zero-order valence-electron chi connectivity index (χ0n) is 13.7. The molecule has 25 heavy (non-hydrogen) atoms. The molecule has 1 aliphatic heterocycles. The molecule has 8 heteroatoms. The third-order valence-electron chi connectivity index (χ3n) is 3.47. The van der Waals surface area contributed by atoms with Crippen molar-refractivity contribution in [3.05, 3.63) is 40.3 Å². The van der Waals surface area contributed by atoms with Crippen LogP contribution in [0.4, 0.5) is 0 Å². The Morgan fingerprint density at radius 3 is 2.60 bits per heavy atom. The number of rotatable bonds is 7. The summed E-state index contributed by atoms with van der Waals surface area (Å²) >= 11 is 6.44. The number of carbonyl (C=O) groups is 3. The number of thiocarbonyl (C=S) groups is 1. The second-order valence-corrected chi connectivity index (χ2v) is 7.16. The molecule has 2 rings (SSSR count). The smallest absolute Gasteiger partial charge is 0.305 e. The third-order valence-corrected chi connectivity index (χ3v) is 4.85. The maximum Gasteiger partial charge on any atom is 0.305 e. The van der Waals surface area contributed by atoms with Gasteiger partial charge in [-0.15, -0.1) is 0 Å². The average Bonchev–Trinajstić information content (AvgIpc) is 2.81. The quantitative estimate of drug-likeness (QED) is 0.559. The van der Waals surface area contributed by atoms with Crippen molar-refractivity contribution in [3.63, 3.8) is 0 Å². The zero-order valence-corrected chi connectivity index (χ0v) is 15.3. The molecule has 2 amide bonds. The van der Waals surface area contributed by atoms with Crippen molar-refractivity contribution in [2.24, 2.45) is 0 Å². The van der Waals surface area contributed by atoms with Crippen LogP contribution < -0.4 is 5.32 Å². The molecule has 132 valence electrons. The number of amides is 2. The molecule has 0 aromatic heterocycles. The summed E-state index contributed by atoms with van der Waals surface area (Å²) in [6.45, 7) is 2.24. The molecule has 0 radical (unpaired) electrons. The van der Waals surface area contributed by atoms with E-state index in [1.807, 2.05) is 31.2 Å². The number of carboxylic acids is 1. The summed E-state index contributed by atoms with van der Waals surface area (Å²) in [4.78, 5) is 36.5. The lowest BCUT2D eigenvalue weighted by Crippen LogP contribution is -2.34. The molecule has 6 nitrogen and oxygen atoms in total. The van der Waals surface area contributed by atoms with E-state index in [-0.39, 0.29) is 37.7 Å². The Balaban J connectivity index is 1.91. The predicted octanol–water partition coefficient (Wildman–Crippen LogP) is 2.18. The standard InChI is InChI=1S/C17H18N2O4S2/c1-11-2-4-12(5-3-11)10-13-16(23)19(17(24)25-13)9-7-14(20)18-8-6-15(21)22/h2-5,10H,6-9H2,1H3,(H,18,20)(H,21,22)/b13-10-. The first-order valence-electron chi connectivity index (χ1n) is 7.67. The van der Waals surface area contributed by atoms with E-state index in [2.05, 4.69) is 5.32 Å². The van der Waals surface area contributed by atoms with Gasteiger partial charge in [-0.3, -0.25) is 19.3 Å². The van der Waals surface area contributed by atoms with E-state index in [9.17, 15) is 14.4 Å². The fourth-order valence-corrected chi connectivity index (χ4v) is 3.43. The summed E-state index contributed by atoms with van der Waals surface area (Å²) in [6.07, 6.45) is 1.72. The molecule has 1 fully saturated rings. The van der Waals surface area contributed by atoms with E-state index in [0.717, 1.165) is 11.1 Å². The highest BCUT2D eigenvalue weighted by Crippen LogP contribution is 2.32. The molecule has 2 N–H and O–H groups in total. The molecule has 1 aromatic carbocycles. The van der Waals surface area contributed by atoms with Gasteiger partial charge in [0.1, 0.15) is 4.32 Å². The van der Waals surface area contributed by atoms with E-state index >= 15 is 0 Å². The van der Waals surface area contributed by atoms with Crippen LogP contribution in [0.3, 0.4) is 0 Å². The summed E-state index contributed by atoms with van der Waals surface area (Å²) in [5.41, 5.74) is 2.05. The molecule has 0 saturated carbocycles. The Morgan fingerprint density at radius 2 is 1.96 bits per heavy atom. The van der Waals surface area contributed by atoms with Crippen LogP contribution in [0.1, 0.15) is 24.0 Å². The Morgan fingerprint density at radius 1 is 1.28 bits per heavy atom. The number of hydrogen-bond donors (Lipinski definition) is 2. The summed E-state index contributed by atoms with van der Waals surface area (Å²) in [5.74, 6) is -1.50. The molecular formula is C17H18N2O4S2. The zero-order chi connectivity index (χ0) is 18.4. The van der Waals surface area contributed by atoms with Crippen molar-refractivity contribution in [3.8, 4) is 0 Å². The van der Waals surface area contributed by atoms with Gasteiger partial charge in [0.25, 0.3) is 5.91 Å². The van der Waals surface area contributed by atoms with Crippen LogP contribution in [-0.2, 0) is 14.4 Å². The van der Waals surface area contributed by atoms with Crippen molar-refractivity contribution in [1.82, 2.24) is 10.2 Å². The number of carboxylic acid groups (broad SMARTS) is 1. The van der Waals surface area contributed by atoms with Crippen molar-refractivity contribution in [2.45, 2.75) is 19.8 Å². The van der Waals surface area contributed by atoms with E-state index < -0.39 is 5.97 Å². The number of aryl methyl sites for hydroxylation is 1. The normalized spacial score (nSPS) is 15.7. The van der Waals surface area contributed by atoms with Gasteiger partial charge in [-0.2, -0.15) is 0 Å². The maximum absolute atomic E-state index is 12.4. The fourth-order valence-electron chi connectivity index (χ4n) is 2.12. The van der Waals surface area contributed by atoms with Gasteiger partial charge in [0.2, 0.25) is 5.91 Å². The lowest BCUT2D eigenvalue weighted by atomic mass is 10.1. The van der Waals surface area contributed by atoms with E-state index in [1.54, 1.807) is 6.08 Å². The van der Waals surface area contributed by atoms with Gasteiger partial charge in [-0.25, -0.2) is 0 Å². The van der Waals surface area contributed by atoms with Gasteiger partial charge >= 0.3 is 5.97 Å². The average molecular weight is 378 g/mol. The maximum atomic E-state index is 12.4. The van der Waals surface area contributed by atoms with Crippen LogP contribution in [0.25, 0.3) is 6.08 Å². The largest absolute Gasteiger partial charge is 0.481 e. The summed E-state index contributed by atoms with van der Waals surface area (Å²) in [5, 5.41) is 11.0. The molecule has 0 atom stereocenters. The monoisotopic (exact) mass is 378 g/mol. The number of nitrogens with one attached hydrogen (secondary N) is 1. The molecular weight excluding hydrogens is 360 g/mol. The van der Waals surface area contributed by atoms with Gasteiger partial charge in [0, 0.05) is 19.5 Å². The second-order valence-electron chi connectivity index (χ2n) is 5.49. The van der Waals surface area contributed by atoms with Gasteiger partial charge in [0.15, 0.2) is 0 Å². The van der Waals surface area contributed by atoms with Crippen LogP contribution in [0.15, 0.2) is 29.2 Å². The van der Waals surface area contributed by atoms with E-state index in [4.69, 9.17) is 17.3 Å². The molecule has 0 unspecified atom stereocenters. The van der Waals surface area contributed by atoms with E-state index in [0.29, 0.717) is 9.23 Å². The Labute approximate surface area is 155 Å². The summed E-state index contributed by atoms with van der Waals surface area (Å²) in [6, 6.07) is 7.79. The first kappa shape index (κ1) is 19.1. The van der Waals surface area contributed by atoms with Crippen LogP contribution >= 0.6 is 24.0 Å². The van der Waals surface area contributed by atoms with Crippen LogP contribution in [0.2, 0.25) is 0 Å². The van der Waals surface area contributed by atoms with Crippen molar-refractivity contribution >= 4 is 52.2 Å². The highest BCUT2D eigenvalue weighted by Gasteiger charge is 2.31. The molecule has 1 aromatic rings. The van der Waals surface area contributed by atoms with Gasteiger partial charge in [0.05, 0.1) is 11.3 Å². The molecule has 0 aliphatic carbocycles. The molecule has 1 saturated heterocycles. The van der Waals surface area contributed by atoms with Crippen molar-refractivity contribution in [2.75, 3.05) is 13.1 Å². The molecule has 0 spiro atoms. The Hall–Kier alpha value is -2.19. The van der Waals surface area contributed by atoms with Gasteiger partial charge < -0.3 is 10.4 Å². The first-order chi connectivity index (χ1) is 11.9. The summed E-state index contributed by atoms with van der Waals surface area (Å²) in [7, 11) is 0. The predicted molar refractivity (Wildman–Crippen MR) is 101 cm³/mol. The van der Waals surface area contributed by atoms with Crippen LogP contribution in [0.5, 0.6) is 0 Å². The van der Waals surface area contributed by atoms with Crippen molar-refractivity contribution in [1.29, 1.82) is 0 Å². The van der Waals surface area contributed by atoms with Crippen LogP contribution in [-0.4, -0.2) is 45.2 Å². The fraction of sp³-hybridized carbons (Fsp3) is 0.294. The Kier molecular flexibility index (Phi) is 6.72. The number of benzene rings is 1. The SMILES string of the molecule is Cc1ccc(/C=C2\SC(=S)N(CCC(=O)NCCC(=O)O)C2=O)cc1.